The molecule has 0 aromatic heterocycles. The maximum Gasteiger partial charge on any atom is 0.407 e. The van der Waals surface area contributed by atoms with Crippen molar-refractivity contribution in [3.05, 3.63) is 103 Å². The van der Waals surface area contributed by atoms with Crippen LogP contribution in [0.3, 0.4) is 0 Å². The first-order chi connectivity index (χ1) is 19.7. The second-order valence-corrected chi connectivity index (χ2v) is 13.0. The van der Waals surface area contributed by atoms with Crippen molar-refractivity contribution in [3.63, 3.8) is 0 Å². The van der Waals surface area contributed by atoms with Crippen molar-refractivity contribution >= 4 is 23.4 Å². The Morgan fingerprint density at radius 3 is 2.51 bits per heavy atom. The van der Waals surface area contributed by atoms with Crippen LogP contribution in [0.25, 0.3) is 5.57 Å². The van der Waals surface area contributed by atoms with Crippen molar-refractivity contribution < 1.29 is 9.53 Å². The summed E-state index contributed by atoms with van der Waals surface area (Å²) in [5, 5.41) is 3.00. The standard InChI is InChI=1S/C37H53NO2S/c1-8-31(17-12-10-13-18-32(9-2)33-19-14-11-15-20-33)27-30(5)23-25-41-26-24-40-36(39)38-37(6,7)35-22-16-21-34(28-35)29(3)4/h8,10-11,13-16,19-22,28,30-32H,1,3,9,12,17-18,23-27H2,2,4-7H3,(H,38,39). The molecule has 0 aliphatic carbocycles. The van der Waals surface area contributed by atoms with E-state index in [0.717, 1.165) is 47.5 Å². The Hall–Kier alpha value is -2.72. The average Bonchev–Trinajstić information content (AvgIpc) is 2.96. The summed E-state index contributed by atoms with van der Waals surface area (Å²) in [5.74, 6) is 3.70. The summed E-state index contributed by atoms with van der Waals surface area (Å²) in [6.45, 7) is 19.1. The van der Waals surface area contributed by atoms with Gasteiger partial charge in [0.1, 0.15) is 6.61 Å². The Balaban J connectivity index is 1.59. The first kappa shape index (κ1) is 34.5. The molecule has 3 unspecified atom stereocenters. The fraction of sp³-hybridized carbons (Fsp3) is 0.486. The molecular formula is C37H53NO2S. The highest BCUT2D eigenvalue weighted by Gasteiger charge is 2.24. The Morgan fingerprint density at radius 1 is 1.07 bits per heavy atom. The number of nitrogens with one attached hydrogen (secondary N) is 1. The molecule has 4 heteroatoms. The minimum atomic E-state index is -0.525. The summed E-state index contributed by atoms with van der Waals surface area (Å²) in [5.41, 5.74) is 4.02. The van der Waals surface area contributed by atoms with E-state index >= 15 is 0 Å². The van der Waals surface area contributed by atoms with Crippen LogP contribution < -0.4 is 5.32 Å². The number of thioether (sulfide) groups is 1. The third-order valence-corrected chi connectivity index (χ3v) is 8.78. The van der Waals surface area contributed by atoms with Gasteiger partial charge in [0.25, 0.3) is 0 Å². The molecule has 0 aliphatic heterocycles. The van der Waals surface area contributed by atoms with E-state index < -0.39 is 5.54 Å². The SMILES string of the molecule is C=CC(CCC=CCC(CC)c1ccccc1)CC(C)CCSCCOC(=O)NC(C)(C)c1cccc(C(=C)C)c1. The number of alkyl carbamates (subject to hydrolysis) is 1. The number of amides is 1. The van der Waals surface area contributed by atoms with Crippen LogP contribution >= 0.6 is 11.8 Å². The highest BCUT2D eigenvalue weighted by molar-refractivity contribution is 7.99. The van der Waals surface area contributed by atoms with E-state index in [-0.39, 0.29) is 6.09 Å². The molecule has 0 saturated heterocycles. The molecule has 224 valence electrons. The Labute approximate surface area is 254 Å². The molecule has 0 fully saturated rings. The number of carbonyl (C=O) groups is 1. The molecule has 3 atom stereocenters. The van der Waals surface area contributed by atoms with E-state index in [1.165, 1.54) is 24.8 Å². The molecule has 1 amide bonds. The van der Waals surface area contributed by atoms with Gasteiger partial charge >= 0.3 is 6.09 Å². The van der Waals surface area contributed by atoms with Crippen molar-refractivity contribution in [2.45, 2.75) is 84.6 Å². The van der Waals surface area contributed by atoms with Gasteiger partial charge in [0.2, 0.25) is 0 Å². The predicted octanol–water partition coefficient (Wildman–Crippen LogP) is 10.6. The van der Waals surface area contributed by atoms with Gasteiger partial charge in [0.05, 0.1) is 5.54 Å². The molecule has 2 aromatic carbocycles. The summed E-state index contributed by atoms with van der Waals surface area (Å²) in [6.07, 6.45) is 13.4. The topological polar surface area (TPSA) is 38.3 Å². The first-order valence-corrected chi connectivity index (χ1v) is 16.4. The van der Waals surface area contributed by atoms with Gasteiger partial charge in [-0.05, 0) is 106 Å². The van der Waals surface area contributed by atoms with Gasteiger partial charge in [-0.2, -0.15) is 11.8 Å². The number of hydrogen-bond donors (Lipinski definition) is 1. The Kier molecular flexibility index (Phi) is 15.7. The normalized spacial score (nSPS) is 13.9. The van der Waals surface area contributed by atoms with E-state index in [0.29, 0.717) is 24.4 Å². The second kappa shape index (κ2) is 18.7. The highest BCUT2D eigenvalue weighted by Crippen LogP contribution is 2.26. The van der Waals surface area contributed by atoms with Gasteiger partial charge < -0.3 is 10.1 Å². The van der Waals surface area contributed by atoms with Crippen molar-refractivity contribution in [1.82, 2.24) is 5.32 Å². The van der Waals surface area contributed by atoms with Crippen LogP contribution in [0.4, 0.5) is 4.79 Å². The monoisotopic (exact) mass is 575 g/mol. The molecule has 0 saturated carbocycles. The van der Waals surface area contributed by atoms with Crippen LogP contribution in [0.2, 0.25) is 0 Å². The van der Waals surface area contributed by atoms with E-state index in [1.54, 1.807) is 0 Å². The van der Waals surface area contributed by atoms with E-state index in [1.807, 2.05) is 50.7 Å². The number of allylic oxidation sites excluding steroid dienone is 4. The maximum absolute atomic E-state index is 12.4. The maximum atomic E-state index is 12.4. The summed E-state index contributed by atoms with van der Waals surface area (Å²) >= 11 is 1.85. The molecule has 0 aliphatic rings. The van der Waals surface area contributed by atoms with Crippen LogP contribution in [0.1, 0.15) is 95.8 Å². The fourth-order valence-corrected chi connectivity index (χ4v) is 6.01. The van der Waals surface area contributed by atoms with Crippen molar-refractivity contribution in [1.29, 1.82) is 0 Å². The molecule has 0 heterocycles. The number of ether oxygens (including phenoxy) is 1. The van der Waals surface area contributed by atoms with Gasteiger partial charge in [-0.3, -0.25) is 0 Å². The second-order valence-electron chi connectivity index (χ2n) is 11.8. The number of rotatable bonds is 19. The third-order valence-electron chi connectivity index (χ3n) is 7.80. The zero-order chi connectivity index (χ0) is 30.1. The lowest BCUT2D eigenvalue weighted by atomic mass is 9.90. The van der Waals surface area contributed by atoms with Crippen LogP contribution in [0, 0.1) is 11.8 Å². The van der Waals surface area contributed by atoms with E-state index in [9.17, 15) is 4.79 Å². The molecule has 41 heavy (non-hydrogen) atoms. The zero-order valence-electron chi connectivity index (χ0n) is 26.2. The number of hydrogen-bond acceptors (Lipinski definition) is 3. The lowest BCUT2D eigenvalue weighted by molar-refractivity contribution is 0.142. The number of benzene rings is 2. The Bertz CT molecular complexity index is 1090. The highest BCUT2D eigenvalue weighted by atomic mass is 32.2. The molecule has 0 spiro atoms. The smallest absolute Gasteiger partial charge is 0.407 e. The summed E-state index contributed by atoms with van der Waals surface area (Å²) in [6, 6.07) is 19.0. The lowest BCUT2D eigenvalue weighted by Crippen LogP contribution is -2.41. The van der Waals surface area contributed by atoms with Crippen molar-refractivity contribution in [3.8, 4) is 0 Å². The molecule has 0 radical (unpaired) electrons. The average molecular weight is 576 g/mol. The fourth-order valence-electron chi connectivity index (χ4n) is 5.04. The summed E-state index contributed by atoms with van der Waals surface area (Å²) < 4.78 is 5.47. The van der Waals surface area contributed by atoms with Crippen molar-refractivity contribution in [2.75, 3.05) is 18.1 Å². The molecule has 1 N–H and O–H groups in total. The van der Waals surface area contributed by atoms with Crippen LogP contribution in [-0.4, -0.2) is 24.2 Å². The third kappa shape index (κ3) is 13.2. The van der Waals surface area contributed by atoms with Crippen LogP contribution in [-0.2, 0) is 10.3 Å². The lowest BCUT2D eigenvalue weighted by Gasteiger charge is -2.27. The molecule has 2 aromatic rings. The molecule has 3 nitrogen and oxygen atoms in total. The first-order valence-electron chi connectivity index (χ1n) is 15.3. The molecule has 2 rings (SSSR count). The zero-order valence-corrected chi connectivity index (χ0v) is 27.0. The van der Waals surface area contributed by atoms with Gasteiger partial charge in [0, 0.05) is 5.75 Å². The van der Waals surface area contributed by atoms with Gasteiger partial charge in [-0.25, -0.2) is 4.79 Å². The van der Waals surface area contributed by atoms with Crippen LogP contribution in [0.15, 0.2) is 86.0 Å². The van der Waals surface area contributed by atoms with Gasteiger partial charge in [-0.1, -0.05) is 92.8 Å². The molecular weight excluding hydrogens is 522 g/mol. The molecule has 0 bridgehead atoms. The van der Waals surface area contributed by atoms with Gasteiger partial charge in [0.15, 0.2) is 0 Å². The Morgan fingerprint density at radius 2 is 1.83 bits per heavy atom. The van der Waals surface area contributed by atoms with Crippen LogP contribution in [0.5, 0.6) is 0 Å². The number of carbonyl (C=O) groups excluding carboxylic acids is 1. The minimum Gasteiger partial charge on any atom is -0.449 e. The van der Waals surface area contributed by atoms with E-state index in [2.05, 4.69) is 86.9 Å². The summed E-state index contributed by atoms with van der Waals surface area (Å²) in [7, 11) is 0. The predicted molar refractivity (Wildman–Crippen MR) is 181 cm³/mol. The van der Waals surface area contributed by atoms with Gasteiger partial charge in [-0.15, -0.1) is 6.58 Å². The largest absolute Gasteiger partial charge is 0.449 e. The van der Waals surface area contributed by atoms with E-state index in [4.69, 9.17) is 4.74 Å². The minimum absolute atomic E-state index is 0.377. The summed E-state index contributed by atoms with van der Waals surface area (Å²) in [4.78, 5) is 12.4. The quantitative estimate of drug-likeness (QED) is 0.134. The van der Waals surface area contributed by atoms with Crippen molar-refractivity contribution in [2.24, 2.45) is 11.8 Å².